The number of amides is 3. The summed E-state index contributed by atoms with van der Waals surface area (Å²) in [4.78, 5) is 75.5. The smallest absolute Gasteiger partial charge is 0.303 e. The number of hydrogen-bond donors (Lipinski definition) is 3. The molecule has 320 valence electrons. The molecule has 7 rings (SSSR count). The minimum absolute atomic E-state index is 0.0956. The molecule has 0 saturated carbocycles. The number of imidazole rings is 1. The lowest BCUT2D eigenvalue weighted by Gasteiger charge is -2.34. The van der Waals surface area contributed by atoms with Gasteiger partial charge in [0.1, 0.15) is 48.0 Å². The maximum absolute atomic E-state index is 13.1. The number of fused-ring (bicyclic) bond motifs is 2. The number of nitrogens with one attached hydrogen (secondary N) is 1. The van der Waals surface area contributed by atoms with Gasteiger partial charge in [-0.3, -0.25) is 33.9 Å². The third-order valence-corrected chi connectivity index (χ3v) is 11.2. The SMILES string of the molecule is COC1CCN(c2nccc(Nc3cc4c(cn3)nc(COCCN3CCN(CCOc5ccc6c(c5)C(=O)N(C(CCC(=O)O)C(N)=O)C6=O)CC3)n4C(C)C)n2)CC1. The number of piperazine rings is 1. The van der Waals surface area contributed by atoms with Crippen LogP contribution in [0.2, 0.25) is 0 Å². The fourth-order valence-corrected chi connectivity index (χ4v) is 7.94. The third kappa shape index (κ3) is 9.81. The van der Waals surface area contributed by atoms with Gasteiger partial charge in [0.15, 0.2) is 0 Å². The van der Waals surface area contributed by atoms with E-state index in [4.69, 9.17) is 35.0 Å². The summed E-state index contributed by atoms with van der Waals surface area (Å²) in [7, 11) is 1.76. The van der Waals surface area contributed by atoms with Crippen molar-refractivity contribution in [1.29, 1.82) is 0 Å². The van der Waals surface area contributed by atoms with Gasteiger partial charge in [-0.15, -0.1) is 0 Å². The number of carbonyl (C=O) groups excluding carboxylic acids is 3. The zero-order valence-electron chi connectivity index (χ0n) is 34.3. The first kappa shape index (κ1) is 42.4. The number of pyridine rings is 1. The van der Waals surface area contributed by atoms with Gasteiger partial charge in [0.05, 0.1) is 35.6 Å². The van der Waals surface area contributed by atoms with Crippen molar-refractivity contribution in [2.75, 3.05) is 82.9 Å². The van der Waals surface area contributed by atoms with E-state index >= 15 is 0 Å². The summed E-state index contributed by atoms with van der Waals surface area (Å²) < 4.78 is 19.8. The van der Waals surface area contributed by atoms with Crippen molar-refractivity contribution in [3.63, 3.8) is 0 Å². The molecule has 3 aromatic heterocycles. The number of imide groups is 1. The Morgan fingerprint density at radius 3 is 2.32 bits per heavy atom. The summed E-state index contributed by atoms with van der Waals surface area (Å²) in [6.07, 6.45) is 5.04. The van der Waals surface area contributed by atoms with Crippen molar-refractivity contribution in [1.82, 2.24) is 39.2 Å². The topological polar surface area (TPSA) is 224 Å². The normalized spacial score (nSPS) is 17.1. The van der Waals surface area contributed by atoms with E-state index in [1.54, 1.807) is 25.6 Å². The van der Waals surface area contributed by atoms with Crippen molar-refractivity contribution < 1.29 is 38.5 Å². The summed E-state index contributed by atoms with van der Waals surface area (Å²) in [6.45, 7) is 12.2. The summed E-state index contributed by atoms with van der Waals surface area (Å²) in [6, 6.07) is 7.21. The molecule has 19 heteroatoms. The molecule has 3 aliphatic heterocycles. The van der Waals surface area contributed by atoms with Gasteiger partial charge in [0, 0.05) is 84.2 Å². The molecule has 3 amide bonds. The van der Waals surface area contributed by atoms with Crippen molar-refractivity contribution in [3.8, 4) is 5.75 Å². The van der Waals surface area contributed by atoms with Gasteiger partial charge < -0.3 is 39.8 Å². The molecule has 19 nitrogen and oxygen atoms in total. The Kier molecular flexibility index (Phi) is 13.5. The molecule has 4 aromatic rings. The molecular weight excluding hydrogens is 775 g/mol. The molecule has 4 N–H and O–H groups in total. The monoisotopic (exact) mass is 827 g/mol. The summed E-state index contributed by atoms with van der Waals surface area (Å²) >= 11 is 0. The Bertz CT molecular complexity index is 2180. The van der Waals surface area contributed by atoms with E-state index in [9.17, 15) is 19.2 Å². The minimum atomic E-state index is -1.35. The van der Waals surface area contributed by atoms with Crippen LogP contribution in [0.3, 0.4) is 0 Å². The first-order chi connectivity index (χ1) is 29.0. The fourth-order valence-electron chi connectivity index (χ4n) is 7.94. The maximum Gasteiger partial charge on any atom is 0.303 e. The Balaban J connectivity index is 0.846. The van der Waals surface area contributed by atoms with Gasteiger partial charge in [-0.2, -0.15) is 4.98 Å². The number of carboxylic acid groups (broad SMARTS) is 1. The van der Waals surface area contributed by atoms with E-state index in [-0.39, 0.29) is 29.7 Å². The number of nitrogens with two attached hydrogens (primary N) is 1. The van der Waals surface area contributed by atoms with Crippen molar-refractivity contribution in [2.24, 2.45) is 5.73 Å². The number of anilines is 3. The number of aliphatic carboxylic acids is 1. The van der Waals surface area contributed by atoms with Crippen LogP contribution in [0.5, 0.6) is 5.75 Å². The number of carboxylic acids is 1. The van der Waals surface area contributed by atoms with E-state index in [0.717, 1.165) is 80.4 Å². The molecule has 0 bridgehead atoms. The average molecular weight is 828 g/mol. The molecule has 1 unspecified atom stereocenters. The van der Waals surface area contributed by atoms with Crippen LogP contribution in [-0.2, 0) is 25.7 Å². The predicted octanol–water partition coefficient (Wildman–Crippen LogP) is 2.69. The van der Waals surface area contributed by atoms with Crippen LogP contribution in [0.25, 0.3) is 11.0 Å². The van der Waals surface area contributed by atoms with Crippen LogP contribution in [0, 0.1) is 0 Å². The molecule has 1 aromatic carbocycles. The van der Waals surface area contributed by atoms with Crippen LogP contribution in [0.15, 0.2) is 42.7 Å². The molecule has 60 heavy (non-hydrogen) atoms. The van der Waals surface area contributed by atoms with Gasteiger partial charge in [0.2, 0.25) is 11.9 Å². The van der Waals surface area contributed by atoms with E-state index < -0.39 is 36.2 Å². The molecule has 2 saturated heterocycles. The Morgan fingerprint density at radius 1 is 0.917 bits per heavy atom. The van der Waals surface area contributed by atoms with E-state index in [2.05, 4.69) is 48.4 Å². The zero-order valence-corrected chi connectivity index (χ0v) is 34.3. The number of aromatic nitrogens is 5. The largest absolute Gasteiger partial charge is 0.492 e. The number of benzene rings is 1. The van der Waals surface area contributed by atoms with Crippen LogP contribution in [-0.4, -0.2) is 153 Å². The second-order valence-corrected chi connectivity index (χ2v) is 15.5. The summed E-state index contributed by atoms with van der Waals surface area (Å²) in [5, 5.41) is 12.4. The van der Waals surface area contributed by atoms with Crippen LogP contribution in [0.1, 0.15) is 72.1 Å². The standard InChI is InChI=1S/C41H53N11O8/c1-26(2)51-33-23-35(46-34-8-11-43-41(47-34)50-12-9-27(58-3)10-13-50)44-24-31(33)45-36(51)25-59-20-18-48-14-16-49(17-15-48)19-21-60-28-4-5-29-30(22-28)40(57)52(39(29)56)32(38(42)55)6-7-37(53)54/h4-5,8,11,22-24,26-27,32H,6-7,9-10,12-21,25H2,1-3H3,(H2,42,55)(H,53,54)(H,43,44,46,47). The molecule has 0 radical (unpaired) electrons. The molecule has 1 atom stereocenters. The Morgan fingerprint density at radius 2 is 1.63 bits per heavy atom. The predicted molar refractivity (Wildman–Crippen MR) is 220 cm³/mol. The maximum atomic E-state index is 13.1. The number of methoxy groups -OCH3 is 1. The van der Waals surface area contributed by atoms with Crippen molar-refractivity contribution >= 4 is 52.3 Å². The number of nitrogens with zero attached hydrogens (tertiary/aromatic N) is 9. The lowest BCUT2D eigenvalue weighted by atomic mass is 10.1. The molecule has 2 fully saturated rings. The highest BCUT2D eigenvalue weighted by molar-refractivity contribution is 6.23. The summed E-state index contributed by atoms with van der Waals surface area (Å²) in [5.41, 5.74) is 7.41. The van der Waals surface area contributed by atoms with Gasteiger partial charge in [-0.05, 0) is 57.4 Å². The molecular formula is C41H53N11O8. The van der Waals surface area contributed by atoms with Crippen molar-refractivity contribution in [3.05, 3.63) is 59.7 Å². The molecule has 3 aliphatic rings. The van der Waals surface area contributed by atoms with Gasteiger partial charge in [-0.1, -0.05) is 0 Å². The first-order valence-electron chi connectivity index (χ1n) is 20.4. The number of piperidine rings is 1. The Hall–Kier alpha value is -5.76. The highest BCUT2D eigenvalue weighted by Crippen LogP contribution is 2.30. The third-order valence-electron chi connectivity index (χ3n) is 11.2. The summed E-state index contributed by atoms with van der Waals surface area (Å²) in [5.74, 6) is -0.192. The minimum Gasteiger partial charge on any atom is -0.492 e. The lowest BCUT2D eigenvalue weighted by molar-refractivity contribution is -0.137. The number of rotatable bonds is 19. The first-order valence-corrected chi connectivity index (χ1v) is 20.4. The van der Waals surface area contributed by atoms with Crippen LogP contribution >= 0.6 is 0 Å². The number of ether oxygens (including phenoxy) is 3. The zero-order chi connectivity index (χ0) is 42.3. The molecule has 6 heterocycles. The van der Waals surface area contributed by atoms with Gasteiger partial charge in [0.25, 0.3) is 11.8 Å². The van der Waals surface area contributed by atoms with Gasteiger partial charge in [-0.25, -0.2) is 15.0 Å². The van der Waals surface area contributed by atoms with Crippen LogP contribution in [0.4, 0.5) is 17.6 Å². The van der Waals surface area contributed by atoms with E-state index in [0.29, 0.717) is 49.7 Å². The van der Waals surface area contributed by atoms with Crippen LogP contribution < -0.4 is 20.7 Å². The number of primary amides is 1. The fraction of sp³-hybridized carbons (Fsp3) is 0.512. The molecule has 0 spiro atoms. The quantitative estimate of drug-likeness (QED) is 0.0913. The van der Waals surface area contributed by atoms with E-state index in [1.807, 2.05) is 12.1 Å². The number of carbonyl (C=O) groups is 4. The number of hydrogen-bond acceptors (Lipinski definition) is 15. The highest BCUT2D eigenvalue weighted by Gasteiger charge is 2.42. The van der Waals surface area contributed by atoms with E-state index in [1.165, 1.54) is 12.1 Å². The second-order valence-electron chi connectivity index (χ2n) is 15.5. The average Bonchev–Trinajstić information content (AvgIpc) is 3.73. The van der Waals surface area contributed by atoms with Gasteiger partial charge >= 0.3 is 5.97 Å². The molecule has 0 aliphatic carbocycles. The van der Waals surface area contributed by atoms with Crippen molar-refractivity contribution in [2.45, 2.75) is 64.3 Å². The second kappa shape index (κ2) is 19.1. The Labute approximate surface area is 347 Å². The highest BCUT2D eigenvalue weighted by atomic mass is 16.5. The lowest BCUT2D eigenvalue weighted by Crippen LogP contribution is -2.48.